The summed E-state index contributed by atoms with van der Waals surface area (Å²) in [6.07, 6.45) is 7.12. The fourth-order valence-corrected chi connectivity index (χ4v) is 2.07. The van der Waals surface area contributed by atoms with Gasteiger partial charge in [-0.3, -0.25) is 4.79 Å². The predicted octanol–water partition coefficient (Wildman–Crippen LogP) is 4.14. The summed E-state index contributed by atoms with van der Waals surface area (Å²) in [5, 5.41) is 12.8. The molecule has 0 saturated heterocycles. The number of benzene rings is 1. The van der Waals surface area contributed by atoms with E-state index >= 15 is 0 Å². The molecule has 3 nitrogen and oxygen atoms in total. The van der Waals surface area contributed by atoms with E-state index in [-0.39, 0.29) is 17.2 Å². The number of hydrogen-bond acceptors (Lipinski definition) is 2. The Kier molecular flexibility index (Phi) is 7.34. The number of carbonyl (C=O) groups excluding carboxylic acids is 1. The number of rotatable bonds is 8. The summed E-state index contributed by atoms with van der Waals surface area (Å²) in [7, 11) is 0. The van der Waals surface area contributed by atoms with Crippen LogP contribution in [0.1, 0.15) is 55.8 Å². The molecule has 1 aromatic rings. The van der Waals surface area contributed by atoms with Crippen LogP contribution in [0.15, 0.2) is 18.2 Å². The molecule has 2 N–H and O–H groups in total. The molecule has 4 heteroatoms. The van der Waals surface area contributed by atoms with Crippen molar-refractivity contribution >= 4 is 17.5 Å². The first-order chi connectivity index (χ1) is 9.15. The molecule has 0 unspecified atom stereocenters. The Morgan fingerprint density at radius 3 is 2.58 bits per heavy atom. The van der Waals surface area contributed by atoms with Crippen molar-refractivity contribution in [1.82, 2.24) is 5.32 Å². The second-order valence-corrected chi connectivity index (χ2v) is 5.12. The van der Waals surface area contributed by atoms with E-state index < -0.39 is 0 Å². The van der Waals surface area contributed by atoms with Gasteiger partial charge in [0.05, 0.1) is 5.56 Å². The van der Waals surface area contributed by atoms with E-state index in [2.05, 4.69) is 12.2 Å². The van der Waals surface area contributed by atoms with Crippen molar-refractivity contribution in [1.29, 1.82) is 0 Å². The van der Waals surface area contributed by atoms with Gasteiger partial charge in [-0.2, -0.15) is 0 Å². The molecule has 1 rings (SSSR count). The SMILES string of the molecule is CCCCCCCCNC(=O)c1ccc(Cl)cc1O. The molecule has 0 radical (unpaired) electrons. The maximum atomic E-state index is 11.8. The standard InChI is InChI=1S/C15H22ClNO2/c1-2-3-4-5-6-7-10-17-15(19)13-9-8-12(16)11-14(13)18/h8-9,11,18H,2-7,10H2,1H3,(H,17,19). The molecule has 0 aliphatic heterocycles. The normalized spacial score (nSPS) is 10.4. The number of phenols is 1. The molecule has 0 heterocycles. The maximum absolute atomic E-state index is 11.8. The highest BCUT2D eigenvalue weighted by Gasteiger charge is 2.10. The van der Waals surface area contributed by atoms with E-state index in [1.165, 1.54) is 37.8 Å². The largest absolute Gasteiger partial charge is 0.507 e. The molecular weight excluding hydrogens is 262 g/mol. The average molecular weight is 284 g/mol. The minimum absolute atomic E-state index is 0.0760. The van der Waals surface area contributed by atoms with Gasteiger partial charge in [-0.05, 0) is 24.6 Å². The summed E-state index contributed by atoms with van der Waals surface area (Å²) in [6.45, 7) is 2.84. The minimum Gasteiger partial charge on any atom is -0.507 e. The molecule has 0 saturated carbocycles. The Bertz CT molecular complexity index is 407. The molecule has 0 aromatic heterocycles. The highest BCUT2D eigenvalue weighted by atomic mass is 35.5. The fraction of sp³-hybridized carbons (Fsp3) is 0.533. The molecule has 1 aromatic carbocycles. The number of halogens is 1. The van der Waals surface area contributed by atoms with Crippen LogP contribution in [0, 0.1) is 0 Å². The van der Waals surface area contributed by atoms with E-state index in [1.807, 2.05) is 0 Å². The van der Waals surface area contributed by atoms with E-state index in [0.29, 0.717) is 11.6 Å². The van der Waals surface area contributed by atoms with E-state index in [0.717, 1.165) is 12.8 Å². The first-order valence-electron chi connectivity index (χ1n) is 6.92. The van der Waals surface area contributed by atoms with Crippen molar-refractivity contribution in [3.05, 3.63) is 28.8 Å². The first kappa shape index (κ1) is 15.8. The second-order valence-electron chi connectivity index (χ2n) is 4.69. The summed E-state index contributed by atoms with van der Waals surface area (Å²) in [5.74, 6) is -0.323. The molecule has 0 atom stereocenters. The van der Waals surface area contributed by atoms with Crippen molar-refractivity contribution in [3.63, 3.8) is 0 Å². The van der Waals surface area contributed by atoms with Gasteiger partial charge in [0.1, 0.15) is 5.75 Å². The molecule has 0 aliphatic rings. The maximum Gasteiger partial charge on any atom is 0.255 e. The van der Waals surface area contributed by atoms with Gasteiger partial charge in [0, 0.05) is 11.6 Å². The zero-order valence-electron chi connectivity index (χ0n) is 11.4. The number of aromatic hydroxyl groups is 1. The minimum atomic E-state index is -0.247. The first-order valence-corrected chi connectivity index (χ1v) is 7.29. The molecule has 0 bridgehead atoms. The number of carbonyl (C=O) groups is 1. The third-order valence-electron chi connectivity index (χ3n) is 3.02. The highest BCUT2D eigenvalue weighted by Crippen LogP contribution is 2.21. The average Bonchev–Trinajstić information content (AvgIpc) is 2.37. The van der Waals surface area contributed by atoms with Crippen molar-refractivity contribution in [3.8, 4) is 5.75 Å². The Labute approximate surface area is 120 Å². The fourth-order valence-electron chi connectivity index (χ4n) is 1.90. The van der Waals surface area contributed by atoms with E-state index in [4.69, 9.17) is 11.6 Å². The van der Waals surface area contributed by atoms with Crippen LogP contribution in [0.5, 0.6) is 5.75 Å². The number of hydrogen-bond donors (Lipinski definition) is 2. The van der Waals surface area contributed by atoms with Crippen molar-refractivity contribution in [2.24, 2.45) is 0 Å². The zero-order valence-corrected chi connectivity index (χ0v) is 12.2. The van der Waals surface area contributed by atoms with Crippen LogP contribution in [-0.2, 0) is 0 Å². The third kappa shape index (κ3) is 5.97. The number of phenolic OH excluding ortho intramolecular Hbond substituents is 1. The quantitative estimate of drug-likeness (QED) is 0.705. The summed E-state index contributed by atoms with van der Waals surface area (Å²) in [6, 6.07) is 4.51. The lowest BCUT2D eigenvalue weighted by Crippen LogP contribution is -2.24. The molecule has 0 spiro atoms. The number of amides is 1. The Balaban J connectivity index is 2.24. The number of unbranched alkanes of at least 4 members (excludes halogenated alkanes) is 5. The van der Waals surface area contributed by atoms with Gasteiger partial charge in [-0.15, -0.1) is 0 Å². The van der Waals surface area contributed by atoms with Crippen molar-refractivity contribution < 1.29 is 9.90 Å². The summed E-state index contributed by atoms with van der Waals surface area (Å²) in [4.78, 5) is 11.8. The lowest BCUT2D eigenvalue weighted by atomic mass is 10.1. The second kappa shape index (κ2) is 8.81. The molecular formula is C15H22ClNO2. The Hall–Kier alpha value is -1.22. The van der Waals surface area contributed by atoms with Crippen LogP contribution in [0.25, 0.3) is 0 Å². The van der Waals surface area contributed by atoms with Gasteiger partial charge in [-0.25, -0.2) is 0 Å². The van der Waals surface area contributed by atoms with Crippen molar-refractivity contribution in [2.45, 2.75) is 45.4 Å². The number of nitrogens with one attached hydrogen (secondary N) is 1. The monoisotopic (exact) mass is 283 g/mol. The van der Waals surface area contributed by atoms with Crippen LogP contribution in [0.4, 0.5) is 0 Å². The molecule has 0 fully saturated rings. The van der Waals surface area contributed by atoms with Crippen LogP contribution in [-0.4, -0.2) is 17.6 Å². The van der Waals surface area contributed by atoms with Gasteiger partial charge < -0.3 is 10.4 Å². The van der Waals surface area contributed by atoms with Gasteiger partial charge in [0.25, 0.3) is 5.91 Å². The smallest absolute Gasteiger partial charge is 0.255 e. The van der Waals surface area contributed by atoms with Gasteiger partial charge in [0.2, 0.25) is 0 Å². The molecule has 1 amide bonds. The van der Waals surface area contributed by atoms with E-state index in [1.54, 1.807) is 6.07 Å². The van der Waals surface area contributed by atoms with Gasteiger partial charge in [0.15, 0.2) is 0 Å². The lowest BCUT2D eigenvalue weighted by Gasteiger charge is -2.07. The summed E-state index contributed by atoms with van der Waals surface area (Å²) in [5.41, 5.74) is 0.274. The Morgan fingerprint density at radius 1 is 1.21 bits per heavy atom. The molecule has 0 aliphatic carbocycles. The van der Waals surface area contributed by atoms with Crippen LogP contribution < -0.4 is 5.32 Å². The predicted molar refractivity (Wildman–Crippen MR) is 78.8 cm³/mol. The van der Waals surface area contributed by atoms with E-state index in [9.17, 15) is 9.90 Å². The van der Waals surface area contributed by atoms with Gasteiger partial charge >= 0.3 is 0 Å². The summed E-state index contributed by atoms with van der Waals surface area (Å²) < 4.78 is 0. The third-order valence-corrected chi connectivity index (χ3v) is 3.26. The van der Waals surface area contributed by atoms with Crippen LogP contribution in [0.2, 0.25) is 5.02 Å². The van der Waals surface area contributed by atoms with Gasteiger partial charge in [-0.1, -0.05) is 50.6 Å². The highest BCUT2D eigenvalue weighted by molar-refractivity contribution is 6.30. The van der Waals surface area contributed by atoms with Crippen LogP contribution in [0.3, 0.4) is 0 Å². The summed E-state index contributed by atoms with van der Waals surface area (Å²) >= 11 is 5.72. The van der Waals surface area contributed by atoms with Crippen LogP contribution >= 0.6 is 11.6 Å². The molecule has 19 heavy (non-hydrogen) atoms. The molecule has 106 valence electrons. The topological polar surface area (TPSA) is 49.3 Å². The Morgan fingerprint density at radius 2 is 1.89 bits per heavy atom. The zero-order chi connectivity index (χ0) is 14.1. The van der Waals surface area contributed by atoms with Crippen molar-refractivity contribution in [2.75, 3.05) is 6.54 Å². The lowest BCUT2D eigenvalue weighted by molar-refractivity contribution is 0.0950.